The second kappa shape index (κ2) is 4.94. The highest BCUT2D eigenvalue weighted by Crippen LogP contribution is 2.31. The molecule has 0 bridgehead atoms. The number of benzene rings is 2. The molecule has 102 valence electrons. The molecule has 0 saturated heterocycles. The van der Waals surface area contributed by atoms with Crippen LogP contribution in [-0.4, -0.2) is 14.7 Å². The fraction of sp³-hybridized carbons (Fsp3) is 0.188. The summed E-state index contributed by atoms with van der Waals surface area (Å²) in [7, 11) is 0. The van der Waals surface area contributed by atoms with Crippen LogP contribution in [0.3, 0.4) is 0 Å². The Morgan fingerprint density at radius 3 is 2.65 bits per heavy atom. The van der Waals surface area contributed by atoms with Crippen LogP contribution in [0.25, 0.3) is 22.4 Å². The van der Waals surface area contributed by atoms with Crippen molar-refractivity contribution in [3.05, 3.63) is 46.9 Å². The van der Waals surface area contributed by atoms with Crippen LogP contribution in [-0.2, 0) is 0 Å². The molecule has 0 saturated carbocycles. The lowest BCUT2D eigenvalue weighted by Crippen LogP contribution is -2.02. The van der Waals surface area contributed by atoms with Crippen LogP contribution in [0.15, 0.2) is 46.9 Å². The molecule has 3 nitrogen and oxygen atoms in total. The van der Waals surface area contributed by atoms with Gasteiger partial charge in [0.15, 0.2) is 0 Å². The molecule has 20 heavy (non-hydrogen) atoms. The van der Waals surface area contributed by atoms with Gasteiger partial charge in [0.05, 0.1) is 11.0 Å². The van der Waals surface area contributed by atoms with Crippen LogP contribution < -0.4 is 0 Å². The number of aromatic nitrogens is 2. The lowest BCUT2D eigenvalue weighted by Gasteiger charge is -2.13. The molecule has 0 aliphatic heterocycles. The standard InChI is InChI=1S/C16H15BrN2O/c1-10(2)19-15-7-6-12(17)9-14(15)18-16(19)11-4-3-5-13(20)8-11/h3-10,20H,1-2H3. The van der Waals surface area contributed by atoms with Crippen molar-refractivity contribution in [2.24, 2.45) is 0 Å². The molecule has 1 aromatic heterocycles. The SMILES string of the molecule is CC(C)n1c(-c2cccc(O)c2)nc2cc(Br)ccc21. The first-order valence-corrected chi connectivity index (χ1v) is 7.32. The largest absolute Gasteiger partial charge is 0.508 e. The Labute approximate surface area is 126 Å². The van der Waals surface area contributed by atoms with Gasteiger partial charge in [0.1, 0.15) is 11.6 Å². The summed E-state index contributed by atoms with van der Waals surface area (Å²) < 4.78 is 3.21. The van der Waals surface area contributed by atoms with E-state index in [2.05, 4.69) is 40.4 Å². The third kappa shape index (κ3) is 2.20. The van der Waals surface area contributed by atoms with Crippen molar-refractivity contribution in [3.63, 3.8) is 0 Å². The normalized spacial score (nSPS) is 11.4. The lowest BCUT2D eigenvalue weighted by atomic mass is 10.2. The van der Waals surface area contributed by atoms with Crippen LogP contribution in [0.1, 0.15) is 19.9 Å². The molecule has 1 heterocycles. The Hall–Kier alpha value is -1.81. The van der Waals surface area contributed by atoms with Gasteiger partial charge < -0.3 is 9.67 Å². The summed E-state index contributed by atoms with van der Waals surface area (Å²) >= 11 is 3.48. The van der Waals surface area contributed by atoms with Gasteiger partial charge in [0.25, 0.3) is 0 Å². The molecular formula is C16H15BrN2O. The quantitative estimate of drug-likeness (QED) is 0.736. The number of hydrogen-bond acceptors (Lipinski definition) is 2. The van der Waals surface area contributed by atoms with Crippen LogP contribution in [0, 0.1) is 0 Å². The number of fused-ring (bicyclic) bond motifs is 1. The molecule has 2 aromatic carbocycles. The van der Waals surface area contributed by atoms with Crippen LogP contribution in [0.4, 0.5) is 0 Å². The number of phenols is 1. The summed E-state index contributed by atoms with van der Waals surface area (Å²) in [5.74, 6) is 1.13. The van der Waals surface area contributed by atoms with Crippen molar-refractivity contribution < 1.29 is 5.11 Å². The summed E-state index contributed by atoms with van der Waals surface area (Å²) in [5.41, 5.74) is 2.97. The third-order valence-corrected chi connectivity index (χ3v) is 3.77. The Morgan fingerprint density at radius 1 is 1.15 bits per heavy atom. The van der Waals surface area contributed by atoms with Gasteiger partial charge in [-0.05, 0) is 44.2 Å². The Balaban J connectivity index is 2.32. The predicted molar refractivity (Wildman–Crippen MR) is 84.9 cm³/mol. The summed E-state index contributed by atoms with van der Waals surface area (Å²) in [6, 6.07) is 13.6. The van der Waals surface area contributed by atoms with E-state index in [0.29, 0.717) is 6.04 Å². The van der Waals surface area contributed by atoms with Gasteiger partial charge in [-0.15, -0.1) is 0 Å². The first kappa shape index (κ1) is 13.2. The first-order valence-electron chi connectivity index (χ1n) is 6.53. The molecule has 0 unspecified atom stereocenters. The maximum atomic E-state index is 9.68. The number of phenolic OH excluding ortho intramolecular Hbond substituents is 1. The Kier molecular flexibility index (Phi) is 3.26. The topological polar surface area (TPSA) is 38.0 Å². The minimum absolute atomic E-state index is 0.256. The van der Waals surface area contributed by atoms with Crippen molar-refractivity contribution in [1.29, 1.82) is 0 Å². The van der Waals surface area contributed by atoms with Crippen molar-refractivity contribution in [2.45, 2.75) is 19.9 Å². The number of rotatable bonds is 2. The summed E-state index contributed by atoms with van der Waals surface area (Å²) in [6.07, 6.45) is 0. The lowest BCUT2D eigenvalue weighted by molar-refractivity contribution is 0.475. The highest BCUT2D eigenvalue weighted by atomic mass is 79.9. The maximum Gasteiger partial charge on any atom is 0.141 e. The minimum atomic E-state index is 0.256. The number of imidazole rings is 1. The number of nitrogens with zero attached hydrogens (tertiary/aromatic N) is 2. The second-order valence-electron chi connectivity index (χ2n) is 5.08. The zero-order valence-corrected chi connectivity index (χ0v) is 12.9. The first-order chi connectivity index (χ1) is 9.56. The van der Waals surface area contributed by atoms with Crippen LogP contribution >= 0.6 is 15.9 Å². The maximum absolute atomic E-state index is 9.68. The number of aromatic hydroxyl groups is 1. The molecular weight excluding hydrogens is 316 g/mol. The van der Waals surface area contributed by atoms with E-state index in [1.807, 2.05) is 24.3 Å². The van der Waals surface area contributed by atoms with Gasteiger partial charge in [-0.3, -0.25) is 0 Å². The molecule has 3 rings (SSSR count). The molecule has 0 fully saturated rings. The van der Waals surface area contributed by atoms with Crippen molar-refractivity contribution >= 4 is 27.0 Å². The third-order valence-electron chi connectivity index (χ3n) is 3.27. The second-order valence-corrected chi connectivity index (χ2v) is 6.00. The van der Waals surface area contributed by atoms with Gasteiger partial charge in [-0.2, -0.15) is 0 Å². The van der Waals surface area contributed by atoms with E-state index in [1.54, 1.807) is 12.1 Å². The molecule has 0 spiro atoms. The molecule has 0 amide bonds. The van der Waals surface area contributed by atoms with Gasteiger partial charge in [-0.25, -0.2) is 4.98 Å². The molecule has 1 N–H and O–H groups in total. The van der Waals surface area contributed by atoms with Crippen molar-refractivity contribution in [1.82, 2.24) is 9.55 Å². The minimum Gasteiger partial charge on any atom is -0.508 e. The van der Waals surface area contributed by atoms with Crippen LogP contribution in [0.2, 0.25) is 0 Å². The molecule has 0 atom stereocenters. The fourth-order valence-corrected chi connectivity index (χ4v) is 2.79. The van der Waals surface area contributed by atoms with Gasteiger partial charge >= 0.3 is 0 Å². The van der Waals surface area contributed by atoms with Gasteiger partial charge in [-0.1, -0.05) is 28.1 Å². The average molecular weight is 331 g/mol. The number of hydrogen-bond donors (Lipinski definition) is 1. The van der Waals surface area contributed by atoms with E-state index >= 15 is 0 Å². The van der Waals surface area contributed by atoms with E-state index in [0.717, 1.165) is 26.9 Å². The fourth-order valence-electron chi connectivity index (χ4n) is 2.44. The highest BCUT2D eigenvalue weighted by Gasteiger charge is 2.15. The molecule has 0 aliphatic carbocycles. The Morgan fingerprint density at radius 2 is 1.95 bits per heavy atom. The smallest absolute Gasteiger partial charge is 0.141 e. The van der Waals surface area contributed by atoms with E-state index < -0.39 is 0 Å². The monoisotopic (exact) mass is 330 g/mol. The molecule has 4 heteroatoms. The van der Waals surface area contributed by atoms with E-state index in [-0.39, 0.29) is 5.75 Å². The molecule has 0 aliphatic rings. The predicted octanol–water partition coefficient (Wildman–Crippen LogP) is 4.75. The van der Waals surface area contributed by atoms with E-state index in [1.165, 1.54) is 0 Å². The zero-order valence-electron chi connectivity index (χ0n) is 11.3. The summed E-state index contributed by atoms with van der Waals surface area (Å²) in [6.45, 7) is 4.27. The molecule has 3 aromatic rings. The Bertz CT molecular complexity index is 777. The van der Waals surface area contributed by atoms with Gasteiger partial charge in [0.2, 0.25) is 0 Å². The van der Waals surface area contributed by atoms with Crippen molar-refractivity contribution in [3.8, 4) is 17.1 Å². The van der Waals surface area contributed by atoms with Crippen LogP contribution in [0.5, 0.6) is 5.75 Å². The van der Waals surface area contributed by atoms with E-state index in [9.17, 15) is 5.11 Å². The van der Waals surface area contributed by atoms with Gasteiger partial charge in [0, 0.05) is 16.1 Å². The number of halogens is 1. The van der Waals surface area contributed by atoms with Crippen molar-refractivity contribution in [2.75, 3.05) is 0 Å². The molecule has 0 radical (unpaired) electrons. The van der Waals surface area contributed by atoms with E-state index in [4.69, 9.17) is 4.98 Å². The summed E-state index contributed by atoms with van der Waals surface area (Å²) in [5, 5.41) is 9.68. The highest BCUT2D eigenvalue weighted by molar-refractivity contribution is 9.10. The average Bonchev–Trinajstić information content (AvgIpc) is 2.77. The zero-order chi connectivity index (χ0) is 14.3. The summed E-state index contributed by atoms with van der Waals surface area (Å²) in [4.78, 5) is 4.73.